The molecule has 0 N–H and O–H groups in total. The lowest BCUT2D eigenvalue weighted by atomic mass is 10.1. The zero-order valence-corrected chi connectivity index (χ0v) is 11.4. The van der Waals surface area contributed by atoms with Gasteiger partial charge in [-0.3, -0.25) is 9.59 Å². The van der Waals surface area contributed by atoms with E-state index in [1.54, 1.807) is 42.5 Å². The van der Waals surface area contributed by atoms with E-state index in [1.807, 2.05) is 0 Å². The summed E-state index contributed by atoms with van der Waals surface area (Å²) >= 11 is -2.31. The highest BCUT2D eigenvalue weighted by Gasteiger charge is 2.38. The summed E-state index contributed by atoms with van der Waals surface area (Å²) < 4.78 is 21.5. The van der Waals surface area contributed by atoms with Gasteiger partial charge in [0.15, 0.2) is 0 Å². The fourth-order valence-electron chi connectivity index (χ4n) is 1.87. The van der Waals surface area contributed by atoms with Crippen LogP contribution in [-0.2, 0) is 15.6 Å². The Bertz CT molecular complexity index is 696. The standard InChI is InChI=1S/C14H9NO5S/c16-13-11-8-4-5-9-12(11)14(17)15(13)20-21(18)19-10-6-2-1-3-7-10/h1-9H. The number of para-hydroxylation sites is 1. The number of hydroxylamine groups is 2. The smallest absolute Gasteiger partial charge is 0.379 e. The highest BCUT2D eigenvalue weighted by molar-refractivity contribution is 7.75. The number of carbonyl (C=O) groups excluding carboxylic acids is 2. The number of imide groups is 1. The Balaban J connectivity index is 1.73. The van der Waals surface area contributed by atoms with Crippen molar-refractivity contribution in [3.05, 3.63) is 65.7 Å². The molecule has 0 saturated carbocycles. The molecule has 7 heteroatoms. The van der Waals surface area contributed by atoms with Gasteiger partial charge >= 0.3 is 11.4 Å². The molecular formula is C14H9NO5S. The molecule has 2 aromatic carbocycles. The van der Waals surface area contributed by atoms with Gasteiger partial charge in [-0.1, -0.05) is 30.3 Å². The minimum Gasteiger partial charge on any atom is -0.379 e. The molecule has 1 unspecified atom stereocenters. The molecule has 2 amide bonds. The van der Waals surface area contributed by atoms with Crippen molar-refractivity contribution in [1.29, 1.82) is 0 Å². The largest absolute Gasteiger partial charge is 0.383 e. The summed E-state index contributed by atoms with van der Waals surface area (Å²) in [5.74, 6) is -1.03. The van der Waals surface area contributed by atoms with E-state index in [4.69, 9.17) is 8.47 Å². The lowest BCUT2D eigenvalue weighted by Gasteiger charge is -2.11. The summed E-state index contributed by atoms with van der Waals surface area (Å²) in [6, 6.07) is 14.5. The highest BCUT2D eigenvalue weighted by atomic mass is 32.2. The monoisotopic (exact) mass is 303 g/mol. The van der Waals surface area contributed by atoms with Gasteiger partial charge in [0.05, 0.1) is 11.1 Å². The van der Waals surface area contributed by atoms with Gasteiger partial charge < -0.3 is 4.18 Å². The molecule has 0 aliphatic carbocycles. The van der Waals surface area contributed by atoms with Crippen LogP contribution in [0.25, 0.3) is 0 Å². The van der Waals surface area contributed by atoms with Gasteiger partial charge in [-0.15, -0.1) is 9.35 Å². The predicted molar refractivity (Wildman–Crippen MR) is 73.2 cm³/mol. The summed E-state index contributed by atoms with van der Waals surface area (Å²) in [7, 11) is 0. The number of fused-ring (bicyclic) bond motifs is 1. The molecule has 1 aliphatic rings. The second-order valence-electron chi connectivity index (χ2n) is 4.13. The molecule has 1 heterocycles. The number of nitrogens with zero attached hydrogens (tertiary/aromatic N) is 1. The summed E-state index contributed by atoms with van der Waals surface area (Å²) in [6.07, 6.45) is 0. The third-order valence-corrected chi connectivity index (χ3v) is 3.40. The molecule has 3 rings (SSSR count). The van der Waals surface area contributed by atoms with Crippen molar-refractivity contribution < 1.29 is 22.3 Å². The number of amides is 2. The van der Waals surface area contributed by atoms with E-state index in [2.05, 4.69) is 0 Å². The number of hydrogen-bond donors (Lipinski definition) is 0. The summed E-state index contributed by atoms with van der Waals surface area (Å²) in [5, 5.41) is 0.448. The van der Waals surface area contributed by atoms with Crippen molar-refractivity contribution in [1.82, 2.24) is 5.06 Å². The molecule has 106 valence electrons. The molecule has 1 atom stereocenters. The number of hydrogen-bond acceptors (Lipinski definition) is 5. The first-order chi connectivity index (χ1) is 10.2. The van der Waals surface area contributed by atoms with Crippen LogP contribution in [0.15, 0.2) is 54.6 Å². The van der Waals surface area contributed by atoms with Gasteiger partial charge in [0.1, 0.15) is 5.75 Å². The summed E-state index contributed by atoms with van der Waals surface area (Å²) in [6.45, 7) is 0. The molecule has 1 aliphatic heterocycles. The van der Waals surface area contributed by atoms with Crippen molar-refractivity contribution in [3.8, 4) is 5.75 Å². The van der Waals surface area contributed by atoms with E-state index < -0.39 is 23.2 Å². The molecule has 0 bridgehead atoms. The van der Waals surface area contributed by atoms with Crippen LogP contribution in [0.5, 0.6) is 5.75 Å². The van der Waals surface area contributed by atoms with Crippen LogP contribution in [0.1, 0.15) is 20.7 Å². The number of rotatable bonds is 4. The molecule has 2 aromatic rings. The van der Waals surface area contributed by atoms with E-state index >= 15 is 0 Å². The number of carbonyl (C=O) groups is 2. The zero-order valence-electron chi connectivity index (χ0n) is 10.6. The maximum atomic E-state index is 12.0. The van der Waals surface area contributed by atoms with Gasteiger partial charge in [-0.05, 0) is 24.3 Å². The average Bonchev–Trinajstić information content (AvgIpc) is 2.74. The third kappa shape index (κ3) is 2.56. The fourth-order valence-corrected chi connectivity index (χ4v) is 2.42. The Morgan fingerprint density at radius 1 is 0.810 bits per heavy atom. The van der Waals surface area contributed by atoms with E-state index in [1.165, 1.54) is 12.1 Å². The Labute approximate surface area is 122 Å². The molecule has 21 heavy (non-hydrogen) atoms. The van der Waals surface area contributed by atoms with Crippen LogP contribution in [-0.4, -0.2) is 21.1 Å². The van der Waals surface area contributed by atoms with Gasteiger partial charge in [0, 0.05) is 0 Å². The van der Waals surface area contributed by atoms with Crippen LogP contribution in [0.2, 0.25) is 0 Å². The van der Waals surface area contributed by atoms with E-state index in [9.17, 15) is 13.8 Å². The Hall–Kier alpha value is -2.51. The van der Waals surface area contributed by atoms with Gasteiger partial charge in [0.25, 0.3) is 11.8 Å². The van der Waals surface area contributed by atoms with Crippen molar-refractivity contribution in [2.45, 2.75) is 0 Å². The van der Waals surface area contributed by atoms with Crippen molar-refractivity contribution >= 4 is 23.2 Å². The molecular weight excluding hydrogens is 294 g/mol. The fraction of sp³-hybridized carbons (Fsp3) is 0. The first-order valence-electron chi connectivity index (χ1n) is 5.98. The van der Waals surface area contributed by atoms with E-state index in [-0.39, 0.29) is 11.1 Å². The van der Waals surface area contributed by atoms with Crippen LogP contribution in [0.3, 0.4) is 0 Å². The molecule has 0 aromatic heterocycles. The van der Waals surface area contributed by atoms with Gasteiger partial charge in [0.2, 0.25) is 0 Å². The molecule has 6 nitrogen and oxygen atoms in total. The maximum Gasteiger partial charge on any atom is 0.383 e. The van der Waals surface area contributed by atoms with E-state index in [0.717, 1.165) is 0 Å². The van der Waals surface area contributed by atoms with Crippen LogP contribution in [0, 0.1) is 0 Å². The minimum absolute atomic E-state index is 0.208. The molecule has 0 radical (unpaired) electrons. The lowest BCUT2D eigenvalue weighted by Crippen LogP contribution is -2.31. The third-order valence-electron chi connectivity index (χ3n) is 2.80. The van der Waals surface area contributed by atoms with Crippen molar-refractivity contribution in [2.24, 2.45) is 0 Å². The van der Waals surface area contributed by atoms with E-state index in [0.29, 0.717) is 10.8 Å². The average molecular weight is 303 g/mol. The second kappa shape index (κ2) is 5.47. The van der Waals surface area contributed by atoms with Crippen molar-refractivity contribution in [2.75, 3.05) is 0 Å². The second-order valence-corrected chi connectivity index (χ2v) is 4.85. The minimum atomic E-state index is -2.31. The first kappa shape index (κ1) is 13.5. The normalized spacial score (nSPS) is 15.0. The zero-order chi connectivity index (χ0) is 14.8. The van der Waals surface area contributed by atoms with Crippen LogP contribution < -0.4 is 4.18 Å². The Kier molecular flexibility index (Phi) is 3.51. The lowest BCUT2D eigenvalue weighted by molar-refractivity contribution is -0.0105. The van der Waals surface area contributed by atoms with Gasteiger partial charge in [-0.25, -0.2) is 0 Å². The van der Waals surface area contributed by atoms with Crippen molar-refractivity contribution in [3.63, 3.8) is 0 Å². The first-order valence-corrected chi connectivity index (χ1v) is 6.98. The Morgan fingerprint density at radius 3 is 1.90 bits per heavy atom. The SMILES string of the molecule is O=C1c2ccccc2C(=O)N1OS(=O)Oc1ccccc1. The summed E-state index contributed by atoms with van der Waals surface area (Å²) in [4.78, 5) is 24.0. The molecule has 0 saturated heterocycles. The highest BCUT2D eigenvalue weighted by Crippen LogP contribution is 2.23. The van der Waals surface area contributed by atoms with Crippen LogP contribution in [0.4, 0.5) is 0 Å². The summed E-state index contributed by atoms with van der Waals surface area (Å²) in [5.41, 5.74) is 0.415. The number of benzene rings is 2. The quantitative estimate of drug-likeness (QED) is 0.806. The topological polar surface area (TPSA) is 72.9 Å². The molecule has 0 fully saturated rings. The predicted octanol–water partition coefficient (Wildman–Crippen LogP) is 1.87. The Morgan fingerprint density at radius 2 is 1.33 bits per heavy atom. The molecule has 0 spiro atoms. The van der Waals surface area contributed by atoms with Crippen LogP contribution >= 0.6 is 0 Å². The van der Waals surface area contributed by atoms with Gasteiger partial charge in [-0.2, -0.15) is 4.21 Å². The maximum absolute atomic E-state index is 12.0.